The highest BCUT2D eigenvalue weighted by Crippen LogP contribution is 2.31. The number of carbonyl (C=O) groups excluding carboxylic acids is 1. The van der Waals surface area contributed by atoms with Gasteiger partial charge in [0.1, 0.15) is 6.04 Å². The van der Waals surface area contributed by atoms with Crippen LogP contribution in [-0.4, -0.2) is 41.7 Å². The van der Waals surface area contributed by atoms with Gasteiger partial charge in [-0.3, -0.25) is 4.79 Å². The van der Waals surface area contributed by atoms with Crippen molar-refractivity contribution in [3.63, 3.8) is 0 Å². The van der Waals surface area contributed by atoms with Crippen LogP contribution in [0.3, 0.4) is 0 Å². The summed E-state index contributed by atoms with van der Waals surface area (Å²) in [5.74, 6) is 0.959. The highest BCUT2D eigenvalue weighted by atomic mass is 16.3. The topological polar surface area (TPSA) is 66.6 Å². The third-order valence-corrected chi connectivity index (χ3v) is 3.80. The molecule has 0 aromatic heterocycles. The lowest BCUT2D eigenvalue weighted by atomic mass is 9.79. The summed E-state index contributed by atoms with van der Waals surface area (Å²) in [5.41, 5.74) is 5.54. The number of nitrogens with zero attached hydrogens (tertiary/aromatic N) is 1. The van der Waals surface area contributed by atoms with Crippen molar-refractivity contribution in [2.75, 3.05) is 19.7 Å². The van der Waals surface area contributed by atoms with Crippen LogP contribution < -0.4 is 5.73 Å². The molecule has 1 aliphatic heterocycles. The molecule has 2 fully saturated rings. The Morgan fingerprint density at radius 2 is 2.00 bits per heavy atom. The van der Waals surface area contributed by atoms with Gasteiger partial charge in [0.05, 0.1) is 0 Å². The molecule has 0 radical (unpaired) electrons. The first kappa shape index (κ1) is 10.9. The summed E-state index contributed by atoms with van der Waals surface area (Å²) in [4.78, 5) is 13.2. The Morgan fingerprint density at radius 3 is 2.53 bits per heavy atom. The molecule has 3 atom stereocenters. The molecule has 0 bridgehead atoms. The Morgan fingerprint density at radius 1 is 1.33 bits per heavy atom. The van der Waals surface area contributed by atoms with Crippen molar-refractivity contribution in [3.05, 3.63) is 0 Å². The van der Waals surface area contributed by atoms with Crippen molar-refractivity contribution in [1.82, 2.24) is 4.90 Å². The molecule has 3 N–H and O–H groups in total. The first-order valence-electron chi connectivity index (χ1n) is 5.87. The van der Waals surface area contributed by atoms with E-state index in [2.05, 4.69) is 0 Å². The van der Waals surface area contributed by atoms with Crippen LogP contribution >= 0.6 is 0 Å². The number of nitrogens with two attached hydrogens (primary N) is 1. The number of aliphatic hydroxyl groups is 1. The maximum absolute atomic E-state index is 11.4. The zero-order valence-corrected chi connectivity index (χ0v) is 9.06. The average molecular weight is 212 g/mol. The summed E-state index contributed by atoms with van der Waals surface area (Å²) < 4.78 is 0. The molecule has 0 aromatic rings. The van der Waals surface area contributed by atoms with E-state index < -0.39 is 0 Å². The standard InChI is InChI=1S/C11H20N2O2/c12-10-6-13(11(10)15)5-8-3-1-2-4-9(8)7-14/h8-10,14H,1-7,12H2. The molecule has 4 heteroatoms. The summed E-state index contributed by atoms with van der Waals surface area (Å²) in [5, 5.41) is 9.25. The SMILES string of the molecule is NC1CN(CC2CCCCC2CO)C1=O. The fourth-order valence-corrected chi connectivity index (χ4v) is 2.74. The van der Waals surface area contributed by atoms with Crippen LogP contribution in [-0.2, 0) is 4.79 Å². The number of amides is 1. The van der Waals surface area contributed by atoms with Gasteiger partial charge in [0.2, 0.25) is 5.91 Å². The average Bonchev–Trinajstić information content (AvgIpc) is 2.29. The third-order valence-electron chi connectivity index (χ3n) is 3.80. The molecule has 1 saturated carbocycles. The summed E-state index contributed by atoms with van der Waals surface area (Å²) in [6.07, 6.45) is 4.70. The highest BCUT2D eigenvalue weighted by Gasteiger charge is 2.36. The Kier molecular flexibility index (Phi) is 3.26. The van der Waals surface area contributed by atoms with Gasteiger partial charge in [0.15, 0.2) is 0 Å². The molecule has 4 nitrogen and oxygen atoms in total. The molecule has 0 aromatic carbocycles. The molecule has 2 rings (SSSR count). The van der Waals surface area contributed by atoms with Crippen LogP contribution in [0.4, 0.5) is 0 Å². The van der Waals surface area contributed by atoms with Gasteiger partial charge in [0, 0.05) is 19.7 Å². The van der Waals surface area contributed by atoms with E-state index in [0.717, 1.165) is 19.4 Å². The van der Waals surface area contributed by atoms with Crippen molar-refractivity contribution < 1.29 is 9.90 Å². The van der Waals surface area contributed by atoms with Crippen molar-refractivity contribution >= 4 is 5.91 Å². The fraction of sp³-hybridized carbons (Fsp3) is 0.909. The van der Waals surface area contributed by atoms with Gasteiger partial charge in [-0.1, -0.05) is 12.8 Å². The van der Waals surface area contributed by atoms with Gasteiger partial charge in [-0.05, 0) is 24.7 Å². The number of likely N-dealkylation sites (tertiary alicyclic amines) is 1. The minimum Gasteiger partial charge on any atom is -0.396 e. The number of β-lactam (4-membered cyclic amide) rings is 1. The van der Waals surface area contributed by atoms with E-state index in [4.69, 9.17) is 5.73 Å². The Hall–Kier alpha value is -0.610. The molecule has 1 amide bonds. The van der Waals surface area contributed by atoms with Gasteiger partial charge in [-0.25, -0.2) is 0 Å². The van der Waals surface area contributed by atoms with Crippen LogP contribution in [0, 0.1) is 11.8 Å². The Balaban J connectivity index is 1.84. The summed E-state index contributed by atoms with van der Waals surface area (Å²) in [6.45, 7) is 1.77. The van der Waals surface area contributed by atoms with E-state index in [9.17, 15) is 9.90 Å². The second kappa shape index (κ2) is 4.49. The van der Waals surface area contributed by atoms with Crippen LogP contribution in [0.5, 0.6) is 0 Å². The number of rotatable bonds is 3. The first-order chi connectivity index (χ1) is 7.22. The second-order valence-corrected chi connectivity index (χ2v) is 4.84. The lowest BCUT2D eigenvalue weighted by molar-refractivity contribution is -0.143. The number of carbonyl (C=O) groups is 1. The van der Waals surface area contributed by atoms with Crippen molar-refractivity contribution in [3.8, 4) is 0 Å². The summed E-state index contributed by atoms with van der Waals surface area (Å²) in [6, 6.07) is -0.263. The zero-order valence-electron chi connectivity index (χ0n) is 9.06. The van der Waals surface area contributed by atoms with Crippen molar-refractivity contribution in [2.45, 2.75) is 31.7 Å². The summed E-state index contributed by atoms with van der Waals surface area (Å²) in [7, 11) is 0. The maximum atomic E-state index is 11.4. The molecule has 86 valence electrons. The van der Waals surface area contributed by atoms with E-state index in [1.165, 1.54) is 12.8 Å². The van der Waals surface area contributed by atoms with E-state index in [-0.39, 0.29) is 18.6 Å². The van der Waals surface area contributed by atoms with Gasteiger partial charge in [-0.2, -0.15) is 0 Å². The van der Waals surface area contributed by atoms with Crippen LogP contribution in [0.15, 0.2) is 0 Å². The quantitative estimate of drug-likeness (QED) is 0.645. The monoisotopic (exact) mass is 212 g/mol. The highest BCUT2D eigenvalue weighted by molar-refractivity contribution is 5.87. The predicted octanol–water partition coefficient (Wildman–Crippen LogP) is -0.0454. The lowest BCUT2D eigenvalue weighted by Crippen LogP contribution is -2.62. The normalized spacial score (nSPS) is 36.5. The largest absolute Gasteiger partial charge is 0.396 e. The van der Waals surface area contributed by atoms with Crippen molar-refractivity contribution in [2.24, 2.45) is 17.6 Å². The molecule has 2 aliphatic rings. The van der Waals surface area contributed by atoms with E-state index >= 15 is 0 Å². The fourth-order valence-electron chi connectivity index (χ4n) is 2.74. The molecule has 1 heterocycles. The predicted molar refractivity (Wildman–Crippen MR) is 57.1 cm³/mol. The van der Waals surface area contributed by atoms with E-state index in [1.54, 1.807) is 0 Å². The number of hydrogen-bond donors (Lipinski definition) is 2. The van der Waals surface area contributed by atoms with Crippen molar-refractivity contribution in [1.29, 1.82) is 0 Å². The molecular weight excluding hydrogens is 192 g/mol. The lowest BCUT2D eigenvalue weighted by Gasteiger charge is -2.41. The van der Waals surface area contributed by atoms with Crippen LogP contribution in [0.1, 0.15) is 25.7 Å². The molecule has 0 spiro atoms. The minimum absolute atomic E-state index is 0.0808. The third kappa shape index (κ3) is 2.16. The van der Waals surface area contributed by atoms with Crippen LogP contribution in [0.25, 0.3) is 0 Å². The van der Waals surface area contributed by atoms with Gasteiger partial charge >= 0.3 is 0 Å². The molecular formula is C11H20N2O2. The van der Waals surface area contributed by atoms with Crippen LogP contribution in [0.2, 0.25) is 0 Å². The summed E-state index contributed by atoms with van der Waals surface area (Å²) >= 11 is 0. The molecule has 3 unspecified atom stereocenters. The van der Waals surface area contributed by atoms with Gasteiger partial charge in [-0.15, -0.1) is 0 Å². The van der Waals surface area contributed by atoms with E-state index in [1.807, 2.05) is 4.90 Å². The Labute approximate surface area is 90.4 Å². The van der Waals surface area contributed by atoms with Gasteiger partial charge in [0.25, 0.3) is 0 Å². The number of aliphatic hydroxyl groups excluding tert-OH is 1. The van der Waals surface area contributed by atoms with Gasteiger partial charge < -0.3 is 15.7 Å². The Bertz CT molecular complexity index is 245. The zero-order chi connectivity index (χ0) is 10.8. The smallest absolute Gasteiger partial charge is 0.241 e. The molecule has 1 aliphatic carbocycles. The number of hydrogen-bond acceptors (Lipinski definition) is 3. The molecule has 1 saturated heterocycles. The second-order valence-electron chi connectivity index (χ2n) is 4.84. The maximum Gasteiger partial charge on any atom is 0.241 e. The van der Waals surface area contributed by atoms with E-state index in [0.29, 0.717) is 18.4 Å². The first-order valence-corrected chi connectivity index (χ1v) is 5.87. The minimum atomic E-state index is -0.263. The molecule has 15 heavy (non-hydrogen) atoms.